The molecule has 0 bridgehead atoms. The molecule has 0 amide bonds. The van der Waals surface area contributed by atoms with Gasteiger partial charge in [0.05, 0.1) is 17.3 Å². The average molecular weight is 332 g/mol. The highest BCUT2D eigenvalue weighted by atomic mass is 16.7. The third kappa shape index (κ3) is 1.37. The van der Waals surface area contributed by atoms with E-state index in [4.69, 9.17) is 4.74 Å². The standard InChI is InChI=1S/C18H20O6/c19-10-4-1-3-9-12(10)15(22)17-8-7-16(23)6-2-5-11(20)13(16)18(17,24-17)14(9)21/h1,3-4,11,13-14,19-21,23H,2,5-8H2/t11-,13+,14+,16-,17-,18+/m1/s1. The number of benzene rings is 1. The van der Waals surface area contributed by atoms with E-state index in [9.17, 15) is 25.2 Å². The van der Waals surface area contributed by atoms with Crippen LogP contribution in [0.3, 0.4) is 0 Å². The van der Waals surface area contributed by atoms with Crippen LogP contribution in [0.5, 0.6) is 5.75 Å². The Morgan fingerprint density at radius 3 is 2.75 bits per heavy atom. The van der Waals surface area contributed by atoms with Gasteiger partial charge in [0.1, 0.15) is 17.5 Å². The summed E-state index contributed by atoms with van der Waals surface area (Å²) in [6, 6.07) is 4.59. The number of phenols is 1. The minimum Gasteiger partial charge on any atom is -0.507 e. The summed E-state index contributed by atoms with van der Waals surface area (Å²) >= 11 is 0. The van der Waals surface area contributed by atoms with Crippen molar-refractivity contribution in [2.75, 3.05) is 0 Å². The second-order valence-electron chi connectivity index (χ2n) is 7.74. The molecule has 1 aliphatic heterocycles. The first-order valence-corrected chi connectivity index (χ1v) is 8.53. The Labute approximate surface area is 138 Å². The lowest BCUT2D eigenvalue weighted by Gasteiger charge is -2.51. The third-order valence-corrected chi connectivity index (χ3v) is 6.75. The molecule has 6 heteroatoms. The van der Waals surface area contributed by atoms with Crippen molar-refractivity contribution >= 4 is 5.78 Å². The van der Waals surface area contributed by atoms with Crippen LogP contribution < -0.4 is 0 Å². The summed E-state index contributed by atoms with van der Waals surface area (Å²) in [6.07, 6.45) is 0.396. The van der Waals surface area contributed by atoms with E-state index in [-0.39, 0.29) is 23.5 Å². The molecule has 3 fully saturated rings. The van der Waals surface area contributed by atoms with Crippen molar-refractivity contribution in [3.63, 3.8) is 0 Å². The van der Waals surface area contributed by atoms with Gasteiger partial charge in [0.25, 0.3) is 0 Å². The molecule has 6 atom stereocenters. The van der Waals surface area contributed by atoms with Gasteiger partial charge < -0.3 is 25.2 Å². The second-order valence-corrected chi connectivity index (χ2v) is 7.74. The van der Waals surface area contributed by atoms with Gasteiger partial charge in [0.2, 0.25) is 5.78 Å². The predicted octanol–water partition coefficient (Wildman–Crippen LogP) is 0.816. The van der Waals surface area contributed by atoms with E-state index >= 15 is 0 Å². The maximum Gasteiger partial charge on any atom is 0.201 e. The Bertz CT molecular complexity index is 762. The summed E-state index contributed by atoms with van der Waals surface area (Å²) < 4.78 is 5.95. The molecule has 4 N–H and O–H groups in total. The van der Waals surface area contributed by atoms with E-state index in [1.165, 1.54) is 6.07 Å². The first-order chi connectivity index (χ1) is 11.4. The number of fused-ring (bicyclic) bond motifs is 2. The normalized spacial score (nSPS) is 48.8. The number of rotatable bonds is 0. The number of ketones is 1. The van der Waals surface area contributed by atoms with Crippen LogP contribution in [0.25, 0.3) is 0 Å². The van der Waals surface area contributed by atoms with Gasteiger partial charge in [0.15, 0.2) is 5.60 Å². The number of hydrogen-bond acceptors (Lipinski definition) is 6. The van der Waals surface area contributed by atoms with Crippen molar-refractivity contribution in [1.82, 2.24) is 0 Å². The minimum absolute atomic E-state index is 0.105. The SMILES string of the molecule is O=C1c2c(O)cccc2[C@H](O)[C@]23O[C@]12CC[C@]1(O)CCC[C@@H](O)[C@@H]13. The van der Waals surface area contributed by atoms with Crippen LogP contribution in [-0.2, 0) is 4.74 Å². The van der Waals surface area contributed by atoms with Gasteiger partial charge in [0, 0.05) is 5.92 Å². The molecule has 24 heavy (non-hydrogen) atoms. The number of ether oxygens (including phenoxy) is 1. The Hall–Kier alpha value is -1.47. The predicted molar refractivity (Wildman–Crippen MR) is 81.5 cm³/mol. The molecule has 6 nitrogen and oxygen atoms in total. The van der Waals surface area contributed by atoms with Crippen molar-refractivity contribution in [2.45, 2.75) is 61.1 Å². The molecule has 0 unspecified atom stereocenters. The number of epoxide rings is 1. The topological polar surface area (TPSA) is 111 Å². The highest BCUT2D eigenvalue weighted by Crippen LogP contribution is 2.73. The molecular formula is C18H20O6. The largest absolute Gasteiger partial charge is 0.507 e. The van der Waals surface area contributed by atoms with Gasteiger partial charge in [-0.25, -0.2) is 0 Å². The maximum atomic E-state index is 13.1. The van der Waals surface area contributed by atoms with Crippen LogP contribution in [0, 0.1) is 5.92 Å². The fourth-order valence-corrected chi connectivity index (χ4v) is 5.73. The van der Waals surface area contributed by atoms with Gasteiger partial charge in [-0.1, -0.05) is 12.1 Å². The van der Waals surface area contributed by atoms with E-state index in [1.54, 1.807) is 12.1 Å². The Kier molecular flexibility index (Phi) is 2.59. The third-order valence-electron chi connectivity index (χ3n) is 6.75. The number of carbonyl (C=O) groups excluding carboxylic acids is 1. The van der Waals surface area contributed by atoms with E-state index in [1.807, 2.05) is 0 Å². The van der Waals surface area contributed by atoms with E-state index < -0.39 is 34.9 Å². The molecule has 3 aliphatic carbocycles. The van der Waals surface area contributed by atoms with Crippen LogP contribution in [0.15, 0.2) is 18.2 Å². The average Bonchev–Trinajstić information content (AvgIpc) is 3.24. The first kappa shape index (κ1) is 14.8. The summed E-state index contributed by atoms with van der Waals surface area (Å²) in [4.78, 5) is 13.1. The number of aliphatic hydroxyl groups is 3. The Morgan fingerprint density at radius 2 is 1.96 bits per heavy atom. The number of hydrogen-bond donors (Lipinski definition) is 4. The molecule has 4 aliphatic rings. The van der Waals surface area contributed by atoms with Crippen molar-refractivity contribution in [1.29, 1.82) is 0 Å². The first-order valence-electron chi connectivity index (χ1n) is 8.53. The van der Waals surface area contributed by atoms with Crippen LogP contribution in [-0.4, -0.2) is 49.1 Å². The highest BCUT2D eigenvalue weighted by molar-refractivity contribution is 6.10. The fraction of sp³-hybridized carbons (Fsp3) is 0.611. The Morgan fingerprint density at radius 1 is 1.17 bits per heavy atom. The van der Waals surface area contributed by atoms with Gasteiger partial charge in [-0.2, -0.15) is 0 Å². The number of phenolic OH excluding ortho intramolecular Hbond substituents is 1. The molecule has 0 radical (unpaired) electrons. The lowest BCUT2D eigenvalue weighted by molar-refractivity contribution is -0.164. The smallest absolute Gasteiger partial charge is 0.201 e. The molecule has 2 saturated carbocycles. The van der Waals surface area contributed by atoms with Crippen LogP contribution >= 0.6 is 0 Å². The van der Waals surface area contributed by atoms with E-state index in [0.29, 0.717) is 31.2 Å². The fourth-order valence-electron chi connectivity index (χ4n) is 5.73. The molecule has 128 valence electrons. The molecule has 1 heterocycles. The molecule has 1 aromatic carbocycles. The van der Waals surface area contributed by atoms with Crippen LogP contribution in [0.2, 0.25) is 0 Å². The molecule has 0 spiro atoms. The summed E-state index contributed by atoms with van der Waals surface area (Å²) in [5.74, 6) is -1.22. The zero-order valence-electron chi connectivity index (χ0n) is 13.1. The molecular weight excluding hydrogens is 312 g/mol. The summed E-state index contributed by atoms with van der Waals surface area (Å²) in [5, 5.41) is 42.8. The van der Waals surface area contributed by atoms with E-state index in [2.05, 4.69) is 0 Å². The summed E-state index contributed by atoms with van der Waals surface area (Å²) in [7, 11) is 0. The van der Waals surface area contributed by atoms with Gasteiger partial charge in [-0.15, -0.1) is 0 Å². The number of carbonyl (C=O) groups is 1. The van der Waals surface area contributed by atoms with E-state index in [0.717, 1.165) is 0 Å². The monoisotopic (exact) mass is 332 g/mol. The quantitative estimate of drug-likeness (QED) is 0.524. The summed E-state index contributed by atoms with van der Waals surface area (Å²) in [5.41, 5.74) is -3.25. The number of aliphatic hydroxyl groups excluding tert-OH is 2. The van der Waals surface area contributed by atoms with Gasteiger partial charge >= 0.3 is 0 Å². The molecule has 1 saturated heterocycles. The van der Waals surface area contributed by atoms with Crippen molar-refractivity contribution in [3.05, 3.63) is 29.3 Å². The zero-order valence-corrected chi connectivity index (χ0v) is 13.1. The van der Waals surface area contributed by atoms with Crippen LogP contribution in [0.1, 0.15) is 54.1 Å². The highest BCUT2D eigenvalue weighted by Gasteiger charge is 2.87. The van der Waals surface area contributed by atoms with Gasteiger partial charge in [-0.05, 0) is 43.7 Å². The van der Waals surface area contributed by atoms with Gasteiger partial charge in [-0.3, -0.25) is 4.79 Å². The molecule has 0 aromatic heterocycles. The van der Waals surface area contributed by atoms with Crippen LogP contribution in [0.4, 0.5) is 0 Å². The Balaban J connectivity index is 1.73. The second kappa shape index (κ2) is 4.19. The number of Topliss-reactive ketones (excluding diaryl/α,β-unsaturated/α-hetero) is 1. The molecule has 1 aromatic rings. The lowest BCUT2D eigenvalue weighted by atomic mass is 9.53. The summed E-state index contributed by atoms with van der Waals surface area (Å²) in [6.45, 7) is 0. The molecule has 5 rings (SSSR count). The van der Waals surface area contributed by atoms with Crippen molar-refractivity contribution in [3.8, 4) is 5.75 Å². The maximum absolute atomic E-state index is 13.1. The van der Waals surface area contributed by atoms with Crippen molar-refractivity contribution < 1.29 is 30.0 Å². The van der Waals surface area contributed by atoms with Crippen molar-refractivity contribution in [2.24, 2.45) is 5.92 Å². The zero-order chi connectivity index (χ0) is 16.9. The lowest BCUT2D eigenvalue weighted by Crippen LogP contribution is -2.64. The minimum atomic E-state index is -1.29. The number of aromatic hydroxyl groups is 1.